The van der Waals surface area contributed by atoms with Crippen LogP contribution < -0.4 is 4.90 Å². The van der Waals surface area contributed by atoms with Crippen LogP contribution in [0.25, 0.3) is 0 Å². The van der Waals surface area contributed by atoms with Gasteiger partial charge in [-0.3, -0.25) is 9.47 Å². The van der Waals surface area contributed by atoms with Crippen LogP contribution in [0, 0.1) is 10.1 Å². The van der Waals surface area contributed by atoms with Gasteiger partial charge in [-0.15, -0.1) is 0 Å². The fourth-order valence-corrected chi connectivity index (χ4v) is 3.62. The van der Waals surface area contributed by atoms with Crippen LogP contribution >= 0.6 is 23.2 Å². The number of aliphatic hydroxyl groups is 1. The van der Waals surface area contributed by atoms with Gasteiger partial charge < -0.3 is 20.1 Å². The Kier molecular flexibility index (Phi) is 5.90. The van der Waals surface area contributed by atoms with Crippen molar-refractivity contribution >= 4 is 34.7 Å². The number of benzene rings is 1. The number of hydrogen-bond acceptors (Lipinski definition) is 6. The van der Waals surface area contributed by atoms with Gasteiger partial charge in [-0.1, -0.05) is 11.6 Å². The molecule has 0 aliphatic carbocycles. The van der Waals surface area contributed by atoms with E-state index in [-0.39, 0.29) is 17.6 Å². The molecule has 3 rings (SSSR count). The molecule has 1 aliphatic heterocycles. The molecule has 10 heteroatoms. The van der Waals surface area contributed by atoms with Crippen molar-refractivity contribution in [2.75, 3.05) is 37.6 Å². The van der Waals surface area contributed by atoms with E-state index in [1.165, 1.54) is 10.8 Å². The number of β-amino-alcohol motifs (C(OH)–C–C–N with tert-alkyl or cyclic N) is 1. The molecule has 1 aromatic carbocycles. The summed E-state index contributed by atoms with van der Waals surface area (Å²) in [6, 6.07) is 7.76. The minimum atomic E-state index is -1.10. The van der Waals surface area contributed by atoms with Crippen LogP contribution in [0.1, 0.15) is 6.92 Å². The molecular formula is C17H21Cl2N5O3. The lowest BCUT2D eigenvalue weighted by molar-refractivity contribution is -0.389. The predicted octanol–water partition coefficient (Wildman–Crippen LogP) is 2.67. The second kappa shape index (κ2) is 8.02. The van der Waals surface area contributed by atoms with Crippen LogP contribution in [-0.4, -0.2) is 62.8 Å². The van der Waals surface area contributed by atoms with Crippen molar-refractivity contribution in [3.8, 4) is 0 Å². The molecule has 0 amide bonds. The van der Waals surface area contributed by atoms with Gasteiger partial charge in [0.25, 0.3) is 0 Å². The lowest BCUT2D eigenvalue weighted by Gasteiger charge is -2.39. The molecule has 0 saturated carbocycles. The van der Waals surface area contributed by atoms with E-state index in [0.29, 0.717) is 11.6 Å². The zero-order valence-corrected chi connectivity index (χ0v) is 16.4. The average Bonchev–Trinajstić information content (AvgIpc) is 2.96. The molecule has 8 nitrogen and oxygen atoms in total. The highest BCUT2D eigenvalue weighted by molar-refractivity contribution is 6.30. The summed E-state index contributed by atoms with van der Waals surface area (Å²) in [6.45, 7) is 5.55. The number of anilines is 1. The van der Waals surface area contributed by atoms with Crippen molar-refractivity contribution in [2.24, 2.45) is 0 Å². The molecule has 0 unspecified atom stereocenters. The van der Waals surface area contributed by atoms with Crippen LogP contribution in [0.2, 0.25) is 10.3 Å². The molecular weight excluding hydrogens is 393 g/mol. The standard InChI is InChI=1S/C17H21Cl2N5O3/c1-17(25,12-23-10-15(24(26)27)20-16(23)19)11-21-6-8-22(9-7-21)14-4-2-13(18)3-5-14/h2-5,10,25H,6-9,11-12H2,1H3/t17-/m0/s1. The van der Waals surface area contributed by atoms with Crippen molar-refractivity contribution in [1.82, 2.24) is 14.5 Å². The summed E-state index contributed by atoms with van der Waals surface area (Å²) in [6.07, 6.45) is 1.25. The second-order valence-corrected chi connectivity index (χ2v) is 7.76. The molecule has 2 aromatic rings. The number of hydrogen-bond donors (Lipinski definition) is 1. The van der Waals surface area contributed by atoms with Gasteiger partial charge in [0.15, 0.2) is 0 Å². The third kappa shape index (κ3) is 5.10. The molecule has 146 valence electrons. The Labute approximate surface area is 167 Å². The summed E-state index contributed by atoms with van der Waals surface area (Å²) >= 11 is 11.9. The van der Waals surface area contributed by atoms with Crippen LogP contribution in [0.5, 0.6) is 0 Å². The first-order chi connectivity index (χ1) is 12.7. The van der Waals surface area contributed by atoms with E-state index in [1.807, 2.05) is 24.3 Å². The topological polar surface area (TPSA) is 87.7 Å². The number of aromatic nitrogens is 2. The first-order valence-corrected chi connectivity index (χ1v) is 9.31. The van der Waals surface area contributed by atoms with Crippen LogP contribution in [-0.2, 0) is 6.54 Å². The minimum Gasteiger partial charge on any atom is -0.387 e. The highest BCUT2D eigenvalue weighted by Crippen LogP contribution is 2.22. The maximum Gasteiger partial charge on any atom is 0.383 e. The first-order valence-electron chi connectivity index (χ1n) is 8.56. The van der Waals surface area contributed by atoms with Gasteiger partial charge in [-0.25, -0.2) is 0 Å². The summed E-state index contributed by atoms with van der Waals surface area (Å²) in [5, 5.41) is 22.3. The van der Waals surface area contributed by atoms with E-state index < -0.39 is 10.5 Å². The molecule has 2 heterocycles. The van der Waals surface area contributed by atoms with Crippen molar-refractivity contribution in [1.29, 1.82) is 0 Å². The molecule has 0 spiro atoms. The molecule has 27 heavy (non-hydrogen) atoms. The highest BCUT2D eigenvalue weighted by atomic mass is 35.5. The maximum absolute atomic E-state index is 10.8. The molecule has 1 N–H and O–H groups in total. The zero-order valence-electron chi connectivity index (χ0n) is 14.9. The Balaban J connectivity index is 1.56. The quantitative estimate of drug-likeness (QED) is 0.578. The monoisotopic (exact) mass is 413 g/mol. The second-order valence-electron chi connectivity index (χ2n) is 6.99. The van der Waals surface area contributed by atoms with Gasteiger partial charge in [-0.05, 0) is 52.7 Å². The number of halogens is 2. The van der Waals surface area contributed by atoms with Crippen LogP contribution in [0.15, 0.2) is 30.5 Å². The first kappa shape index (κ1) is 19.9. The molecule has 1 fully saturated rings. The number of imidazole rings is 1. The van der Waals surface area contributed by atoms with E-state index in [2.05, 4.69) is 14.8 Å². The molecule has 0 radical (unpaired) electrons. The fourth-order valence-electron chi connectivity index (χ4n) is 3.29. The van der Waals surface area contributed by atoms with Crippen LogP contribution in [0.4, 0.5) is 11.5 Å². The summed E-state index contributed by atoms with van der Waals surface area (Å²) < 4.78 is 1.41. The Bertz CT molecular complexity index is 801. The number of piperazine rings is 1. The van der Waals surface area contributed by atoms with Crippen molar-refractivity contribution in [3.63, 3.8) is 0 Å². The summed E-state index contributed by atoms with van der Waals surface area (Å²) in [5.74, 6) is -0.327. The number of nitro groups is 1. The van der Waals surface area contributed by atoms with E-state index in [9.17, 15) is 15.2 Å². The Morgan fingerprint density at radius 3 is 2.37 bits per heavy atom. The normalized spacial score (nSPS) is 17.7. The molecule has 1 aliphatic rings. The Morgan fingerprint density at radius 1 is 1.19 bits per heavy atom. The summed E-state index contributed by atoms with van der Waals surface area (Å²) in [5.41, 5.74) is 0.0315. The van der Waals surface area contributed by atoms with E-state index in [1.54, 1.807) is 6.92 Å². The Morgan fingerprint density at radius 2 is 1.81 bits per heavy atom. The van der Waals surface area contributed by atoms with Crippen molar-refractivity contribution in [2.45, 2.75) is 19.1 Å². The minimum absolute atomic E-state index is 0.00506. The lowest BCUT2D eigenvalue weighted by Crippen LogP contribution is -2.52. The SMILES string of the molecule is C[C@](O)(CN1CCN(c2ccc(Cl)cc2)CC1)Cn1cc([N+](=O)[O-])nc1Cl. The van der Waals surface area contributed by atoms with Gasteiger partial charge >= 0.3 is 11.1 Å². The molecule has 0 bridgehead atoms. The van der Waals surface area contributed by atoms with Crippen molar-refractivity contribution < 1.29 is 10.0 Å². The third-order valence-electron chi connectivity index (χ3n) is 4.54. The zero-order chi connectivity index (χ0) is 19.6. The van der Waals surface area contributed by atoms with E-state index in [0.717, 1.165) is 31.9 Å². The fraction of sp³-hybridized carbons (Fsp3) is 0.471. The van der Waals surface area contributed by atoms with Gasteiger partial charge in [0.2, 0.25) is 0 Å². The summed E-state index contributed by atoms with van der Waals surface area (Å²) in [7, 11) is 0. The van der Waals surface area contributed by atoms with E-state index >= 15 is 0 Å². The molecule has 1 aromatic heterocycles. The third-order valence-corrected chi connectivity index (χ3v) is 5.10. The molecule has 1 saturated heterocycles. The van der Waals surface area contributed by atoms with Crippen LogP contribution in [0.3, 0.4) is 0 Å². The van der Waals surface area contributed by atoms with Crippen molar-refractivity contribution in [3.05, 3.63) is 50.9 Å². The number of rotatable bonds is 6. The van der Waals surface area contributed by atoms with Gasteiger partial charge in [0, 0.05) is 43.4 Å². The van der Waals surface area contributed by atoms with E-state index in [4.69, 9.17) is 23.2 Å². The Hall–Kier alpha value is -1.87. The average molecular weight is 414 g/mol. The largest absolute Gasteiger partial charge is 0.387 e. The smallest absolute Gasteiger partial charge is 0.383 e. The van der Waals surface area contributed by atoms with Gasteiger partial charge in [0.1, 0.15) is 6.20 Å². The highest BCUT2D eigenvalue weighted by Gasteiger charge is 2.29. The maximum atomic E-state index is 10.8. The van der Waals surface area contributed by atoms with Gasteiger partial charge in [0.05, 0.1) is 12.1 Å². The molecule has 1 atom stereocenters. The predicted molar refractivity (Wildman–Crippen MR) is 105 cm³/mol. The lowest BCUT2D eigenvalue weighted by atomic mass is 10.1. The van der Waals surface area contributed by atoms with Gasteiger partial charge in [-0.2, -0.15) is 0 Å². The summed E-state index contributed by atoms with van der Waals surface area (Å²) in [4.78, 5) is 18.3. The number of nitrogens with zero attached hydrogens (tertiary/aromatic N) is 5.